The van der Waals surface area contributed by atoms with Gasteiger partial charge in [-0.1, -0.05) is 19.1 Å². The zero-order valence-corrected chi connectivity index (χ0v) is 12.2. The van der Waals surface area contributed by atoms with Crippen LogP contribution in [0.15, 0.2) is 24.3 Å². The van der Waals surface area contributed by atoms with Gasteiger partial charge in [-0.2, -0.15) is 0 Å². The molecule has 0 aliphatic heterocycles. The predicted molar refractivity (Wildman–Crippen MR) is 77.1 cm³/mol. The molecule has 0 spiro atoms. The highest BCUT2D eigenvalue weighted by Crippen LogP contribution is 2.15. The Labute approximate surface area is 111 Å². The van der Waals surface area contributed by atoms with Crippen LogP contribution in [-0.4, -0.2) is 37.7 Å². The minimum Gasteiger partial charge on any atom is -0.497 e. The minimum atomic E-state index is 0.491. The highest BCUT2D eigenvalue weighted by atomic mass is 16.5. The van der Waals surface area contributed by atoms with Crippen molar-refractivity contribution < 1.29 is 4.74 Å². The summed E-state index contributed by atoms with van der Waals surface area (Å²) in [6.07, 6.45) is 0. The van der Waals surface area contributed by atoms with E-state index in [9.17, 15) is 0 Å². The van der Waals surface area contributed by atoms with Crippen LogP contribution in [0.4, 0.5) is 0 Å². The van der Waals surface area contributed by atoms with Crippen LogP contribution in [0, 0.1) is 0 Å². The molecule has 1 aromatic rings. The lowest BCUT2D eigenvalue weighted by atomic mass is 10.1. The molecule has 0 bridgehead atoms. The van der Waals surface area contributed by atoms with Crippen molar-refractivity contribution in [3.8, 4) is 5.75 Å². The van der Waals surface area contributed by atoms with Crippen LogP contribution in [0.5, 0.6) is 5.75 Å². The second-order valence-corrected chi connectivity index (χ2v) is 4.85. The number of nitrogens with zero attached hydrogens (tertiary/aromatic N) is 1. The van der Waals surface area contributed by atoms with Gasteiger partial charge in [0.2, 0.25) is 0 Å². The number of methoxy groups -OCH3 is 1. The number of ether oxygens (including phenoxy) is 1. The second-order valence-electron chi connectivity index (χ2n) is 4.85. The van der Waals surface area contributed by atoms with Crippen LogP contribution < -0.4 is 10.1 Å². The van der Waals surface area contributed by atoms with Gasteiger partial charge in [0.1, 0.15) is 5.75 Å². The van der Waals surface area contributed by atoms with Crippen molar-refractivity contribution >= 4 is 0 Å². The third-order valence-electron chi connectivity index (χ3n) is 3.51. The van der Waals surface area contributed by atoms with Gasteiger partial charge in [0.15, 0.2) is 0 Å². The normalized spacial score (nSPS) is 14.6. The molecule has 0 amide bonds. The topological polar surface area (TPSA) is 24.5 Å². The summed E-state index contributed by atoms with van der Waals surface area (Å²) in [5.74, 6) is 0.924. The lowest BCUT2D eigenvalue weighted by molar-refractivity contribution is 0.207. The van der Waals surface area contributed by atoms with Crippen molar-refractivity contribution in [1.82, 2.24) is 10.2 Å². The molecule has 0 fully saturated rings. The van der Waals surface area contributed by atoms with Crippen molar-refractivity contribution in [1.29, 1.82) is 0 Å². The van der Waals surface area contributed by atoms with E-state index in [1.54, 1.807) is 7.11 Å². The predicted octanol–water partition coefficient (Wildman–Crippen LogP) is 2.51. The Morgan fingerprint density at radius 3 is 2.67 bits per heavy atom. The highest BCUT2D eigenvalue weighted by Gasteiger charge is 2.16. The Morgan fingerprint density at radius 1 is 1.33 bits per heavy atom. The number of rotatable bonds is 7. The van der Waals surface area contributed by atoms with Gasteiger partial charge in [-0.3, -0.25) is 4.90 Å². The summed E-state index contributed by atoms with van der Waals surface area (Å²) < 4.78 is 5.25. The van der Waals surface area contributed by atoms with Crippen LogP contribution in [0.2, 0.25) is 0 Å². The first-order valence-electron chi connectivity index (χ1n) is 6.65. The molecule has 1 N–H and O–H groups in total. The van der Waals surface area contributed by atoms with Crippen molar-refractivity contribution in [2.75, 3.05) is 20.7 Å². The van der Waals surface area contributed by atoms with Gasteiger partial charge < -0.3 is 10.1 Å². The number of hydrogen-bond donors (Lipinski definition) is 1. The maximum Gasteiger partial charge on any atom is 0.119 e. The van der Waals surface area contributed by atoms with Gasteiger partial charge in [-0.05, 0) is 45.1 Å². The third kappa shape index (κ3) is 4.31. The molecule has 0 heterocycles. The molecule has 0 aromatic heterocycles. The van der Waals surface area contributed by atoms with E-state index in [1.165, 1.54) is 5.56 Å². The van der Waals surface area contributed by atoms with Gasteiger partial charge in [0, 0.05) is 18.6 Å². The van der Waals surface area contributed by atoms with E-state index in [-0.39, 0.29) is 0 Å². The first-order valence-corrected chi connectivity index (χ1v) is 6.65. The van der Waals surface area contributed by atoms with Gasteiger partial charge in [-0.25, -0.2) is 0 Å². The largest absolute Gasteiger partial charge is 0.497 e. The van der Waals surface area contributed by atoms with E-state index in [1.807, 2.05) is 12.1 Å². The summed E-state index contributed by atoms with van der Waals surface area (Å²) >= 11 is 0. The van der Waals surface area contributed by atoms with Gasteiger partial charge >= 0.3 is 0 Å². The standard InChI is InChI=1S/C15H26N2O/c1-6-16-12(2)13(3)17(4)11-14-8-7-9-15(10-14)18-5/h7-10,12-13,16H,6,11H2,1-5H3. The molecule has 3 nitrogen and oxygen atoms in total. The summed E-state index contributed by atoms with van der Waals surface area (Å²) in [7, 11) is 3.87. The van der Waals surface area contributed by atoms with Crippen LogP contribution in [-0.2, 0) is 6.54 Å². The van der Waals surface area contributed by atoms with Crippen LogP contribution in [0.1, 0.15) is 26.3 Å². The molecule has 2 atom stereocenters. The zero-order chi connectivity index (χ0) is 13.5. The molecule has 0 saturated heterocycles. The number of hydrogen-bond acceptors (Lipinski definition) is 3. The molecule has 0 aliphatic rings. The number of benzene rings is 1. The first-order chi connectivity index (χ1) is 8.58. The smallest absolute Gasteiger partial charge is 0.119 e. The summed E-state index contributed by atoms with van der Waals surface area (Å²) in [4.78, 5) is 2.36. The fourth-order valence-corrected chi connectivity index (χ4v) is 2.08. The Morgan fingerprint density at radius 2 is 2.06 bits per heavy atom. The maximum atomic E-state index is 5.25. The minimum absolute atomic E-state index is 0.491. The fourth-order valence-electron chi connectivity index (χ4n) is 2.08. The molecule has 1 rings (SSSR count). The molecular weight excluding hydrogens is 224 g/mol. The summed E-state index contributed by atoms with van der Waals surface area (Å²) in [5.41, 5.74) is 1.28. The van der Waals surface area contributed by atoms with Crippen molar-refractivity contribution in [3.05, 3.63) is 29.8 Å². The number of nitrogens with one attached hydrogen (secondary N) is 1. The SMILES string of the molecule is CCNC(C)C(C)N(C)Cc1cccc(OC)c1. The molecular formula is C15H26N2O. The summed E-state index contributed by atoms with van der Waals surface area (Å²) in [6, 6.07) is 9.25. The monoisotopic (exact) mass is 250 g/mol. The Hall–Kier alpha value is -1.06. The quantitative estimate of drug-likeness (QED) is 0.805. The van der Waals surface area contributed by atoms with E-state index in [0.717, 1.165) is 18.8 Å². The Kier molecular flexibility index (Phi) is 6.16. The lowest BCUT2D eigenvalue weighted by Gasteiger charge is -2.30. The van der Waals surface area contributed by atoms with E-state index in [4.69, 9.17) is 4.74 Å². The Balaban J connectivity index is 2.59. The van der Waals surface area contributed by atoms with Crippen molar-refractivity contribution in [3.63, 3.8) is 0 Å². The highest BCUT2D eigenvalue weighted by molar-refractivity contribution is 5.28. The van der Waals surface area contributed by atoms with Crippen molar-refractivity contribution in [2.45, 2.75) is 39.4 Å². The third-order valence-corrected chi connectivity index (χ3v) is 3.51. The lowest BCUT2D eigenvalue weighted by Crippen LogP contribution is -2.44. The molecule has 3 heteroatoms. The van der Waals surface area contributed by atoms with Crippen LogP contribution >= 0.6 is 0 Å². The average molecular weight is 250 g/mol. The molecule has 0 saturated carbocycles. The van der Waals surface area contributed by atoms with Gasteiger partial charge in [-0.15, -0.1) is 0 Å². The summed E-state index contributed by atoms with van der Waals surface area (Å²) in [6.45, 7) is 8.58. The number of likely N-dealkylation sites (N-methyl/N-ethyl adjacent to an activating group) is 2. The molecule has 18 heavy (non-hydrogen) atoms. The van der Waals surface area contributed by atoms with Crippen LogP contribution in [0.3, 0.4) is 0 Å². The Bertz CT molecular complexity index is 354. The summed E-state index contributed by atoms with van der Waals surface area (Å²) in [5, 5.41) is 3.47. The second kappa shape index (κ2) is 7.39. The molecule has 0 aliphatic carbocycles. The maximum absolute atomic E-state index is 5.25. The first kappa shape index (κ1) is 15.0. The molecule has 0 radical (unpaired) electrons. The van der Waals surface area contributed by atoms with Gasteiger partial charge in [0.05, 0.1) is 7.11 Å². The average Bonchev–Trinajstić information content (AvgIpc) is 2.38. The molecule has 2 unspecified atom stereocenters. The van der Waals surface area contributed by atoms with Crippen molar-refractivity contribution in [2.24, 2.45) is 0 Å². The van der Waals surface area contributed by atoms with E-state index >= 15 is 0 Å². The van der Waals surface area contributed by atoms with E-state index < -0.39 is 0 Å². The fraction of sp³-hybridized carbons (Fsp3) is 0.600. The van der Waals surface area contributed by atoms with E-state index in [2.05, 4.69) is 50.2 Å². The van der Waals surface area contributed by atoms with Crippen LogP contribution in [0.25, 0.3) is 0 Å². The zero-order valence-electron chi connectivity index (χ0n) is 12.2. The van der Waals surface area contributed by atoms with E-state index in [0.29, 0.717) is 12.1 Å². The van der Waals surface area contributed by atoms with Gasteiger partial charge in [0.25, 0.3) is 0 Å². The molecule has 102 valence electrons. The molecule has 1 aromatic carbocycles.